The average molecular weight is 132 g/mol. The summed E-state index contributed by atoms with van der Waals surface area (Å²) in [6, 6.07) is 0. The third-order valence-electron chi connectivity index (χ3n) is 0.960. The topological polar surface area (TPSA) is 38.7 Å². The van der Waals surface area contributed by atoms with Crippen molar-refractivity contribution in [2.45, 2.75) is 19.8 Å². The average Bonchev–Trinajstić information content (AvgIpc) is 1.89. The molecule has 0 rings (SSSR count). The second-order valence-corrected chi connectivity index (χ2v) is 1.77. The summed E-state index contributed by atoms with van der Waals surface area (Å²) >= 11 is 0. The van der Waals surface area contributed by atoms with Gasteiger partial charge < -0.3 is 14.3 Å². The van der Waals surface area contributed by atoms with Gasteiger partial charge in [-0.25, -0.2) is 0 Å². The molecule has 0 radical (unpaired) electrons. The molecule has 0 aromatic heterocycles. The van der Waals surface area contributed by atoms with Crippen LogP contribution in [0.1, 0.15) is 19.8 Å². The summed E-state index contributed by atoms with van der Waals surface area (Å²) in [5.41, 5.74) is 0. The maximum Gasteiger partial charge on any atom is 0.636 e. The van der Waals surface area contributed by atoms with E-state index in [1.165, 1.54) is 7.11 Å². The highest BCUT2D eigenvalue weighted by atomic mass is 16.7. The van der Waals surface area contributed by atoms with Crippen LogP contribution in [-0.2, 0) is 9.31 Å². The van der Waals surface area contributed by atoms with E-state index in [0.717, 1.165) is 12.8 Å². The van der Waals surface area contributed by atoms with Gasteiger partial charge in [-0.3, -0.25) is 0 Å². The summed E-state index contributed by atoms with van der Waals surface area (Å²) in [6.07, 6.45) is 2.02. The lowest BCUT2D eigenvalue weighted by atomic mass is 10.2. The lowest BCUT2D eigenvalue weighted by Crippen LogP contribution is -2.20. The highest BCUT2D eigenvalue weighted by molar-refractivity contribution is 6.34. The van der Waals surface area contributed by atoms with E-state index in [-0.39, 0.29) is 0 Å². The molecule has 54 valence electrons. The Hall–Kier alpha value is -0.0551. The van der Waals surface area contributed by atoms with Crippen molar-refractivity contribution in [1.82, 2.24) is 0 Å². The van der Waals surface area contributed by atoms with Crippen molar-refractivity contribution >= 4 is 7.32 Å². The van der Waals surface area contributed by atoms with Gasteiger partial charge in [0.2, 0.25) is 0 Å². The molecule has 0 heterocycles. The molecule has 0 fully saturated rings. The van der Waals surface area contributed by atoms with Crippen LogP contribution in [0.2, 0.25) is 0 Å². The van der Waals surface area contributed by atoms with Crippen LogP contribution < -0.4 is 0 Å². The first kappa shape index (κ1) is 8.94. The zero-order chi connectivity index (χ0) is 7.11. The third kappa shape index (κ3) is 5.82. The van der Waals surface area contributed by atoms with Gasteiger partial charge in [-0.1, -0.05) is 13.3 Å². The third-order valence-corrected chi connectivity index (χ3v) is 0.960. The molecule has 0 aliphatic carbocycles. The minimum atomic E-state index is -1.04. The monoisotopic (exact) mass is 132 g/mol. The standard InChI is InChI=1S/C5H13BO3/c1-3-4-5-9-6(7)8-2/h7H,3-5H2,1-2H3. The molecule has 9 heavy (non-hydrogen) atoms. The van der Waals surface area contributed by atoms with Gasteiger partial charge >= 0.3 is 7.32 Å². The summed E-state index contributed by atoms with van der Waals surface area (Å²) in [5, 5.41) is 8.64. The van der Waals surface area contributed by atoms with Crippen molar-refractivity contribution in [1.29, 1.82) is 0 Å². The van der Waals surface area contributed by atoms with Crippen LogP contribution in [0, 0.1) is 0 Å². The smallest absolute Gasteiger partial charge is 0.402 e. The molecule has 0 atom stereocenters. The predicted octanol–water partition coefficient (Wildman–Crippen LogP) is 0.427. The number of rotatable bonds is 5. The molecule has 4 heteroatoms. The van der Waals surface area contributed by atoms with Crippen LogP contribution in [0.3, 0.4) is 0 Å². The maximum absolute atomic E-state index is 8.64. The Morgan fingerprint density at radius 3 is 2.67 bits per heavy atom. The summed E-state index contributed by atoms with van der Waals surface area (Å²) in [5.74, 6) is 0. The van der Waals surface area contributed by atoms with Gasteiger partial charge in [-0.05, 0) is 6.42 Å². The first-order chi connectivity index (χ1) is 4.31. The Bertz CT molecular complexity index is 60.2. The van der Waals surface area contributed by atoms with Crippen LogP contribution in [0.15, 0.2) is 0 Å². The lowest BCUT2D eigenvalue weighted by Gasteiger charge is -2.02. The maximum atomic E-state index is 8.64. The normalized spacial score (nSPS) is 9.67. The van der Waals surface area contributed by atoms with E-state index in [0.29, 0.717) is 6.61 Å². The largest absolute Gasteiger partial charge is 0.636 e. The van der Waals surface area contributed by atoms with Gasteiger partial charge in [0, 0.05) is 13.7 Å². The molecule has 3 nitrogen and oxygen atoms in total. The second kappa shape index (κ2) is 6.07. The molecule has 0 amide bonds. The first-order valence-corrected chi connectivity index (χ1v) is 3.13. The van der Waals surface area contributed by atoms with Crippen LogP contribution in [0.25, 0.3) is 0 Å². The van der Waals surface area contributed by atoms with Gasteiger partial charge in [-0.2, -0.15) is 0 Å². The molecule has 0 saturated carbocycles. The minimum absolute atomic E-state index is 0.561. The molecule has 0 unspecified atom stereocenters. The molecule has 0 aromatic rings. The van der Waals surface area contributed by atoms with Gasteiger partial charge in [-0.15, -0.1) is 0 Å². The Morgan fingerprint density at radius 1 is 1.56 bits per heavy atom. The second-order valence-electron chi connectivity index (χ2n) is 1.77. The Labute approximate surface area is 56.1 Å². The first-order valence-electron chi connectivity index (χ1n) is 3.13. The van der Waals surface area contributed by atoms with Gasteiger partial charge in [0.1, 0.15) is 0 Å². The molecule has 0 bridgehead atoms. The van der Waals surface area contributed by atoms with Crippen molar-refractivity contribution in [3.8, 4) is 0 Å². The fourth-order valence-corrected chi connectivity index (χ4v) is 0.397. The van der Waals surface area contributed by atoms with Crippen molar-refractivity contribution < 1.29 is 14.3 Å². The molecule has 0 aliphatic heterocycles. The molecule has 0 aliphatic rings. The van der Waals surface area contributed by atoms with Crippen LogP contribution in [0.5, 0.6) is 0 Å². The quantitative estimate of drug-likeness (QED) is 0.435. The van der Waals surface area contributed by atoms with E-state index >= 15 is 0 Å². The molecular formula is C5H13BO3. The van der Waals surface area contributed by atoms with Crippen LogP contribution in [-0.4, -0.2) is 26.1 Å². The van der Waals surface area contributed by atoms with Crippen LogP contribution in [0.4, 0.5) is 0 Å². The van der Waals surface area contributed by atoms with E-state index < -0.39 is 7.32 Å². The highest BCUT2D eigenvalue weighted by Crippen LogP contribution is 1.89. The molecule has 1 N–H and O–H groups in total. The fourth-order valence-electron chi connectivity index (χ4n) is 0.397. The van der Waals surface area contributed by atoms with Crippen LogP contribution >= 0.6 is 0 Å². The zero-order valence-electron chi connectivity index (χ0n) is 5.96. The SMILES string of the molecule is CCCCOB(O)OC. The number of hydrogen-bond acceptors (Lipinski definition) is 3. The van der Waals surface area contributed by atoms with E-state index in [9.17, 15) is 0 Å². The Kier molecular flexibility index (Phi) is 6.03. The van der Waals surface area contributed by atoms with Gasteiger partial charge in [0.25, 0.3) is 0 Å². The van der Waals surface area contributed by atoms with Crippen molar-refractivity contribution in [3.05, 3.63) is 0 Å². The molecule has 0 spiro atoms. The number of hydrogen-bond donors (Lipinski definition) is 1. The molecular weight excluding hydrogens is 119 g/mol. The van der Waals surface area contributed by atoms with Crippen molar-refractivity contribution in [2.24, 2.45) is 0 Å². The van der Waals surface area contributed by atoms with E-state index in [1.54, 1.807) is 0 Å². The number of unbranched alkanes of at least 4 members (excludes halogenated alkanes) is 1. The summed E-state index contributed by atoms with van der Waals surface area (Å²) in [7, 11) is 0.355. The van der Waals surface area contributed by atoms with E-state index in [2.05, 4.69) is 11.6 Å². The van der Waals surface area contributed by atoms with Crippen molar-refractivity contribution in [3.63, 3.8) is 0 Å². The summed E-state index contributed by atoms with van der Waals surface area (Å²) in [4.78, 5) is 0. The predicted molar refractivity (Wildman–Crippen MR) is 35.8 cm³/mol. The van der Waals surface area contributed by atoms with Gasteiger partial charge in [0.05, 0.1) is 0 Å². The fraction of sp³-hybridized carbons (Fsp3) is 1.00. The summed E-state index contributed by atoms with van der Waals surface area (Å²) in [6.45, 7) is 2.62. The Morgan fingerprint density at radius 2 is 2.22 bits per heavy atom. The zero-order valence-corrected chi connectivity index (χ0v) is 5.96. The highest BCUT2D eigenvalue weighted by Gasteiger charge is 2.10. The summed E-state index contributed by atoms with van der Waals surface area (Å²) < 4.78 is 9.19. The van der Waals surface area contributed by atoms with Gasteiger partial charge in [0.15, 0.2) is 0 Å². The minimum Gasteiger partial charge on any atom is -0.402 e. The van der Waals surface area contributed by atoms with Crippen molar-refractivity contribution in [2.75, 3.05) is 13.7 Å². The lowest BCUT2D eigenvalue weighted by molar-refractivity contribution is 0.157. The molecule has 0 saturated heterocycles. The van der Waals surface area contributed by atoms with E-state index in [4.69, 9.17) is 9.68 Å². The molecule has 0 aromatic carbocycles. The van der Waals surface area contributed by atoms with E-state index in [1.807, 2.05) is 0 Å². The Balaban J connectivity index is 2.88.